The molecule has 4 aromatic carbocycles. The molecule has 0 bridgehead atoms. The Balaban J connectivity index is 0.000000161. The van der Waals surface area contributed by atoms with E-state index in [4.69, 9.17) is 11.7 Å². The van der Waals surface area contributed by atoms with Crippen molar-refractivity contribution >= 4 is 22.7 Å². The third-order valence-corrected chi connectivity index (χ3v) is 4.14. The fourth-order valence-corrected chi connectivity index (χ4v) is 2.65. The summed E-state index contributed by atoms with van der Waals surface area (Å²) in [5.74, 6) is 11.9. The highest BCUT2D eigenvalue weighted by Gasteiger charge is 2.02. The molecule has 0 fully saturated rings. The largest absolute Gasteiger partial charge is 0.280 e. The molecule has 0 amide bonds. The molecule has 0 atom stereocenters. The summed E-state index contributed by atoms with van der Waals surface area (Å²) in [6.45, 7) is 0. The van der Waals surface area contributed by atoms with Gasteiger partial charge in [-0.3, -0.25) is 10.0 Å². The summed E-state index contributed by atoms with van der Waals surface area (Å²) >= 11 is 0. The molecule has 4 aromatic rings. The first-order chi connectivity index (χ1) is 13.8. The Hall–Kier alpha value is -3.60. The molecule has 0 aromatic heterocycles. The van der Waals surface area contributed by atoms with Crippen molar-refractivity contribution < 1.29 is 0 Å². The normalized spacial score (nSPS) is 9.79. The van der Waals surface area contributed by atoms with E-state index >= 15 is 0 Å². The van der Waals surface area contributed by atoms with Gasteiger partial charge in [0.1, 0.15) is 0 Å². The van der Waals surface area contributed by atoms with Gasteiger partial charge in [0.15, 0.2) is 0 Å². The van der Waals surface area contributed by atoms with Crippen LogP contribution in [-0.2, 0) is 0 Å². The average Bonchev–Trinajstić information content (AvgIpc) is 2.81. The first-order valence-corrected chi connectivity index (χ1v) is 9.05. The molecule has 0 aliphatic rings. The minimum absolute atomic E-state index is 0.985. The van der Waals surface area contributed by atoms with Crippen molar-refractivity contribution in [3.8, 4) is 0 Å². The zero-order valence-electron chi connectivity index (χ0n) is 15.6. The van der Waals surface area contributed by atoms with Crippen molar-refractivity contribution in [3.63, 3.8) is 0 Å². The molecule has 0 heterocycles. The summed E-state index contributed by atoms with van der Waals surface area (Å²) in [6, 6.07) is 39.5. The van der Waals surface area contributed by atoms with E-state index < -0.39 is 0 Å². The van der Waals surface area contributed by atoms with Crippen molar-refractivity contribution in [2.45, 2.75) is 0 Å². The van der Waals surface area contributed by atoms with Crippen LogP contribution < -0.4 is 21.7 Å². The van der Waals surface area contributed by atoms with E-state index in [1.54, 1.807) is 10.0 Å². The second kappa shape index (κ2) is 9.92. The fourth-order valence-electron chi connectivity index (χ4n) is 2.65. The third-order valence-electron chi connectivity index (χ3n) is 4.14. The van der Waals surface area contributed by atoms with E-state index in [0.717, 1.165) is 22.7 Å². The molecule has 0 aliphatic carbocycles. The van der Waals surface area contributed by atoms with Crippen molar-refractivity contribution in [2.75, 3.05) is 10.0 Å². The van der Waals surface area contributed by atoms with Gasteiger partial charge in [0.2, 0.25) is 0 Å². The Kier molecular flexibility index (Phi) is 6.79. The molecular formula is C24H24N4. The number of para-hydroxylation sites is 4. The smallest absolute Gasteiger partial charge is 0.0575 e. The number of rotatable bonds is 4. The molecule has 140 valence electrons. The molecular weight excluding hydrogens is 344 g/mol. The molecule has 4 heteroatoms. The first-order valence-electron chi connectivity index (χ1n) is 9.05. The molecule has 0 aliphatic heterocycles. The average molecular weight is 368 g/mol. The Labute approximate surface area is 166 Å². The lowest BCUT2D eigenvalue weighted by molar-refractivity contribution is 1.09. The van der Waals surface area contributed by atoms with E-state index in [9.17, 15) is 0 Å². The van der Waals surface area contributed by atoms with E-state index in [0.29, 0.717) is 0 Å². The fraction of sp³-hybridized carbons (Fsp3) is 0. The van der Waals surface area contributed by atoms with Crippen molar-refractivity contribution in [1.29, 1.82) is 0 Å². The Morgan fingerprint density at radius 1 is 0.321 bits per heavy atom. The summed E-state index contributed by atoms with van der Waals surface area (Å²) in [7, 11) is 0. The Bertz CT molecular complexity index is 769. The molecule has 4 nitrogen and oxygen atoms in total. The van der Waals surface area contributed by atoms with Crippen LogP contribution >= 0.6 is 0 Å². The molecule has 28 heavy (non-hydrogen) atoms. The van der Waals surface area contributed by atoms with Crippen LogP contribution in [-0.4, -0.2) is 0 Å². The quantitative estimate of drug-likeness (QED) is 0.374. The monoisotopic (exact) mass is 368 g/mol. The van der Waals surface area contributed by atoms with Gasteiger partial charge >= 0.3 is 0 Å². The van der Waals surface area contributed by atoms with E-state index in [1.165, 1.54) is 0 Å². The molecule has 0 unspecified atom stereocenters. The van der Waals surface area contributed by atoms with Gasteiger partial charge in [-0.1, -0.05) is 72.8 Å². The van der Waals surface area contributed by atoms with E-state index in [-0.39, 0.29) is 0 Å². The van der Waals surface area contributed by atoms with Crippen molar-refractivity contribution in [1.82, 2.24) is 0 Å². The highest BCUT2D eigenvalue weighted by Crippen LogP contribution is 2.21. The van der Waals surface area contributed by atoms with Crippen molar-refractivity contribution in [2.24, 2.45) is 11.7 Å². The predicted octanol–water partition coefficient (Wildman–Crippen LogP) is 5.40. The SMILES string of the molecule is NN(c1ccccc1)c1ccccc1.NN(c1ccccc1)c1ccccc1. The van der Waals surface area contributed by atoms with E-state index in [2.05, 4.69) is 0 Å². The number of benzene rings is 4. The number of nitrogens with two attached hydrogens (primary N) is 2. The molecule has 0 saturated carbocycles. The van der Waals surface area contributed by atoms with Gasteiger partial charge in [0, 0.05) is 0 Å². The second-order valence-electron chi connectivity index (χ2n) is 6.08. The number of hydrogen-bond donors (Lipinski definition) is 2. The summed E-state index contributed by atoms with van der Waals surface area (Å²) < 4.78 is 0. The standard InChI is InChI=1S/2C12H12N2/c2*13-14(11-7-3-1-4-8-11)12-9-5-2-6-10-12/h2*1-10H,13H2. The van der Waals surface area contributed by atoms with Crippen molar-refractivity contribution in [3.05, 3.63) is 121 Å². The lowest BCUT2D eigenvalue weighted by Gasteiger charge is -2.18. The zero-order valence-corrected chi connectivity index (χ0v) is 15.6. The van der Waals surface area contributed by atoms with Crippen LogP contribution in [0.5, 0.6) is 0 Å². The number of anilines is 4. The molecule has 4 N–H and O–H groups in total. The maximum Gasteiger partial charge on any atom is 0.0575 e. The Morgan fingerprint density at radius 3 is 0.679 bits per heavy atom. The van der Waals surface area contributed by atoms with Gasteiger partial charge in [-0.25, -0.2) is 11.7 Å². The molecule has 0 saturated heterocycles. The minimum Gasteiger partial charge on any atom is -0.280 e. The Morgan fingerprint density at radius 2 is 0.500 bits per heavy atom. The lowest BCUT2D eigenvalue weighted by atomic mass is 10.2. The van der Waals surface area contributed by atoms with E-state index in [1.807, 2.05) is 121 Å². The van der Waals surface area contributed by atoms with Crippen LogP contribution in [0, 0.1) is 0 Å². The molecule has 0 radical (unpaired) electrons. The third kappa shape index (κ3) is 5.20. The summed E-state index contributed by atoms with van der Waals surface area (Å²) in [5, 5.41) is 3.33. The summed E-state index contributed by atoms with van der Waals surface area (Å²) in [5.41, 5.74) is 3.94. The first kappa shape index (κ1) is 19.2. The predicted molar refractivity (Wildman–Crippen MR) is 118 cm³/mol. The van der Waals surface area contributed by atoms with Gasteiger partial charge in [-0.2, -0.15) is 0 Å². The maximum atomic E-state index is 5.95. The lowest BCUT2D eigenvalue weighted by Crippen LogP contribution is -2.24. The molecule has 4 rings (SSSR count). The highest BCUT2D eigenvalue weighted by molar-refractivity contribution is 5.61. The molecule has 0 spiro atoms. The summed E-state index contributed by atoms with van der Waals surface area (Å²) in [6.07, 6.45) is 0. The van der Waals surface area contributed by atoms with Crippen LogP contribution in [0.25, 0.3) is 0 Å². The van der Waals surface area contributed by atoms with Gasteiger partial charge in [-0.05, 0) is 48.5 Å². The van der Waals surface area contributed by atoms with Crippen LogP contribution in [0.3, 0.4) is 0 Å². The summed E-state index contributed by atoms with van der Waals surface area (Å²) in [4.78, 5) is 0. The zero-order chi connectivity index (χ0) is 19.6. The number of nitrogens with zero attached hydrogens (tertiary/aromatic N) is 2. The van der Waals surface area contributed by atoms with Crippen LogP contribution in [0.15, 0.2) is 121 Å². The second-order valence-corrected chi connectivity index (χ2v) is 6.08. The highest BCUT2D eigenvalue weighted by atomic mass is 15.4. The minimum atomic E-state index is 0.985. The number of hydrazine groups is 2. The number of hydrogen-bond acceptors (Lipinski definition) is 4. The maximum absolute atomic E-state index is 5.95. The van der Waals surface area contributed by atoms with Gasteiger partial charge in [0.25, 0.3) is 0 Å². The van der Waals surface area contributed by atoms with Crippen LogP contribution in [0.4, 0.5) is 22.7 Å². The van der Waals surface area contributed by atoms with Crippen LogP contribution in [0.2, 0.25) is 0 Å². The van der Waals surface area contributed by atoms with Crippen LogP contribution in [0.1, 0.15) is 0 Å². The van der Waals surface area contributed by atoms with Gasteiger partial charge in [0.05, 0.1) is 22.7 Å². The topological polar surface area (TPSA) is 58.5 Å². The van der Waals surface area contributed by atoms with Gasteiger partial charge < -0.3 is 0 Å². The van der Waals surface area contributed by atoms with Gasteiger partial charge in [-0.15, -0.1) is 0 Å².